The number of hydrogen-bond acceptors (Lipinski definition) is 3. The molecule has 0 spiro atoms. The van der Waals surface area contributed by atoms with Crippen molar-refractivity contribution < 1.29 is 4.79 Å². The van der Waals surface area contributed by atoms with E-state index >= 15 is 0 Å². The molecule has 0 bridgehead atoms. The molecule has 7 heteroatoms. The highest BCUT2D eigenvalue weighted by atomic mass is 35.5. The highest BCUT2D eigenvalue weighted by Crippen LogP contribution is 2.08. The van der Waals surface area contributed by atoms with E-state index in [0.717, 1.165) is 23.4 Å². The topological polar surface area (TPSA) is 64.2 Å². The maximum absolute atomic E-state index is 12.6. The van der Waals surface area contributed by atoms with Crippen LogP contribution in [0.4, 0.5) is 0 Å². The standard InChI is InChI=1S/C17H24N4O.2ClH/c1-14-11-15(2)21(19-14)13-17(22)20(10-6-9-18)12-16-7-4-3-5-8-16;;/h3-5,7-8,11H,6,9-10,12-13,18H2,1-2H3;2*1H. The van der Waals surface area contributed by atoms with Crippen molar-refractivity contribution in [3.05, 3.63) is 53.3 Å². The van der Waals surface area contributed by atoms with Crippen molar-refractivity contribution >= 4 is 30.7 Å². The largest absolute Gasteiger partial charge is 0.337 e. The molecular weight excluding hydrogens is 347 g/mol. The number of benzene rings is 1. The second-order valence-corrected chi connectivity index (χ2v) is 5.53. The van der Waals surface area contributed by atoms with E-state index in [2.05, 4.69) is 5.10 Å². The van der Waals surface area contributed by atoms with Gasteiger partial charge in [-0.15, -0.1) is 24.8 Å². The molecule has 1 aromatic carbocycles. The van der Waals surface area contributed by atoms with Crippen molar-refractivity contribution in [2.75, 3.05) is 13.1 Å². The number of nitrogens with zero attached hydrogens (tertiary/aromatic N) is 3. The number of rotatable bonds is 7. The zero-order valence-corrected chi connectivity index (χ0v) is 15.8. The molecule has 2 aromatic rings. The molecule has 0 aliphatic rings. The summed E-state index contributed by atoms with van der Waals surface area (Å²) < 4.78 is 1.76. The van der Waals surface area contributed by atoms with Crippen molar-refractivity contribution in [1.82, 2.24) is 14.7 Å². The van der Waals surface area contributed by atoms with Gasteiger partial charge in [0.2, 0.25) is 5.91 Å². The van der Waals surface area contributed by atoms with Gasteiger partial charge in [0.15, 0.2) is 0 Å². The Kier molecular flexibility index (Phi) is 10.4. The summed E-state index contributed by atoms with van der Waals surface area (Å²) in [7, 11) is 0. The zero-order valence-electron chi connectivity index (χ0n) is 14.1. The molecule has 2 rings (SSSR count). The van der Waals surface area contributed by atoms with E-state index in [4.69, 9.17) is 5.73 Å². The van der Waals surface area contributed by atoms with Gasteiger partial charge in [0.05, 0.1) is 5.69 Å². The fourth-order valence-electron chi connectivity index (χ4n) is 2.44. The molecule has 0 atom stereocenters. The van der Waals surface area contributed by atoms with Crippen LogP contribution in [0, 0.1) is 13.8 Å². The molecule has 134 valence electrons. The molecule has 0 aliphatic carbocycles. The number of aromatic nitrogens is 2. The number of nitrogens with two attached hydrogens (primary N) is 1. The van der Waals surface area contributed by atoms with E-state index in [1.807, 2.05) is 55.1 Å². The normalized spacial score (nSPS) is 9.79. The predicted octanol–water partition coefficient (Wildman–Crippen LogP) is 2.72. The van der Waals surface area contributed by atoms with Crippen LogP contribution in [0.1, 0.15) is 23.4 Å². The lowest BCUT2D eigenvalue weighted by atomic mass is 10.2. The average Bonchev–Trinajstić information content (AvgIpc) is 2.82. The third kappa shape index (κ3) is 6.51. The fourth-order valence-corrected chi connectivity index (χ4v) is 2.44. The van der Waals surface area contributed by atoms with Crippen LogP contribution in [-0.2, 0) is 17.9 Å². The first-order valence-corrected chi connectivity index (χ1v) is 7.63. The van der Waals surface area contributed by atoms with Crippen LogP contribution < -0.4 is 5.73 Å². The van der Waals surface area contributed by atoms with Gasteiger partial charge < -0.3 is 10.6 Å². The number of carbonyl (C=O) groups excluding carboxylic acids is 1. The van der Waals surface area contributed by atoms with E-state index in [1.54, 1.807) is 4.68 Å². The Morgan fingerprint density at radius 3 is 2.42 bits per heavy atom. The number of amides is 1. The van der Waals surface area contributed by atoms with Gasteiger partial charge in [0.1, 0.15) is 6.54 Å². The first-order valence-electron chi connectivity index (χ1n) is 7.63. The molecule has 1 amide bonds. The lowest BCUT2D eigenvalue weighted by molar-refractivity contribution is -0.132. The molecule has 5 nitrogen and oxygen atoms in total. The lowest BCUT2D eigenvalue weighted by Gasteiger charge is -2.23. The van der Waals surface area contributed by atoms with Crippen LogP contribution in [-0.4, -0.2) is 33.7 Å². The zero-order chi connectivity index (χ0) is 15.9. The Morgan fingerprint density at radius 1 is 1.21 bits per heavy atom. The van der Waals surface area contributed by atoms with Gasteiger partial charge in [-0.1, -0.05) is 30.3 Å². The summed E-state index contributed by atoms with van der Waals surface area (Å²) in [5.74, 6) is 0.0727. The number of hydrogen-bond donors (Lipinski definition) is 1. The van der Waals surface area contributed by atoms with E-state index in [0.29, 0.717) is 19.6 Å². The van der Waals surface area contributed by atoms with E-state index in [1.165, 1.54) is 0 Å². The smallest absolute Gasteiger partial charge is 0.244 e. The van der Waals surface area contributed by atoms with Crippen LogP contribution >= 0.6 is 24.8 Å². The van der Waals surface area contributed by atoms with Crippen molar-refractivity contribution in [3.8, 4) is 0 Å². The first-order chi connectivity index (χ1) is 10.6. The third-order valence-electron chi connectivity index (χ3n) is 3.59. The lowest BCUT2D eigenvalue weighted by Crippen LogP contribution is -2.35. The molecule has 0 saturated heterocycles. The molecule has 24 heavy (non-hydrogen) atoms. The van der Waals surface area contributed by atoms with Gasteiger partial charge in [-0.25, -0.2) is 0 Å². The average molecular weight is 373 g/mol. The van der Waals surface area contributed by atoms with Crippen LogP contribution in [0.2, 0.25) is 0 Å². The minimum atomic E-state index is 0. The summed E-state index contributed by atoms with van der Waals surface area (Å²) in [6.45, 7) is 6.04. The van der Waals surface area contributed by atoms with Crippen LogP contribution in [0.15, 0.2) is 36.4 Å². The SMILES string of the molecule is Cc1cc(C)n(CC(=O)N(CCCN)Cc2ccccc2)n1.Cl.Cl. The van der Waals surface area contributed by atoms with Gasteiger partial charge in [0.25, 0.3) is 0 Å². The molecule has 0 aliphatic heterocycles. The Labute approximate surface area is 156 Å². The minimum Gasteiger partial charge on any atom is -0.337 e. The van der Waals surface area contributed by atoms with Crippen molar-refractivity contribution in [2.24, 2.45) is 5.73 Å². The van der Waals surface area contributed by atoms with Crippen LogP contribution in [0.3, 0.4) is 0 Å². The second-order valence-electron chi connectivity index (χ2n) is 5.53. The summed E-state index contributed by atoms with van der Waals surface area (Å²) in [5, 5.41) is 4.36. The molecule has 2 N–H and O–H groups in total. The second kappa shape index (κ2) is 11.1. The third-order valence-corrected chi connectivity index (χ3v) is 3.59. The Hall–Kier alpha value is -1.56. The Balaban J connectivity index is 0.00000264. The summed E-state index contributed by atoms with van der Waals surface area (Å²) in [6.07, 6.45) is 0.801. The van der Waals surface area contributed by atoms with Gasteiger partial charge >= 0.3 is 0 Å². The summed E-state index contributed by atoms with van der Waals surface area (Å²) in [4.78, 5) is 14.5. The molecular formula is C17H26Cl2N4O. The Morgan fingerprint density at radius 2 is 1.88 bits per heavy atom. The highest BCUT2D eigenvalue weighted by Gasteiger charge is 2.15. The molecule has 0 saturated carbocycles. The monoisotopic (exact) mass is 372 g/mol. The van der Waals surface area contributed by atoms with Crippen LogP contribution in [0.5, 0.6) is 0 Å². The molecule has 1 heterocycles. The van der Waals surface area contributed by atoms with Crippen molar-refractivity contribution in [1.29, 1.82) is 0 Å². The predicted molar refractivity (Wildman–Crippen MR) is 102 cm³/mol. The van der Waals surface area contributed by atoms with E-state index < -0.39 is 0 Å². The Bertz CT molecular complexity index is 616. The van der Waals surface area contributed by atoms with Crippen LogP contribution in [0.25, 0.3) is 0 Å². The van der Waals surface area contributed by atoms with E-state index in [9.17, 15) is 4.79 Å². The molecule has 0 fully saturated rings. The van der Waals surface area contributed by atoms with Crippen molar-refractivity contribution in [2.45, 2.75) is 33.4 Å². The van der Waals surface area contributed by atoms with Gasteiger partial charge in [-0.3, -0.25) is 9.48 Å². The number of carbonyl (C=O) groups is 1. The van der Waals surface area contributed by atoms with E-state index in [-0.39, 0.29) is 37.3 Å². The fraction of sp³-hybridized carbons (Fsp3) is 0.412. The molecule has 1 aromatic heterocycles. The number of halogens is 2. The highest BCUT2D eigenvalue weighted by molar-refractivity contribution is 5.85. The molecule has 0 unspecified atom stereocenters. The van der Waals surface area contributed by atoms with Crippen molar-refractivity contribution in [3.63, 3.8) is 0 Å². The maximum atomic E-state index is 12.6. The summed E-state index contributed by atoms with van der Waals surface area (Å²) in [5.41, 5.74) is 8.66. The summed E-state index contributed by atoms with van der Waals surface area (Å²) >= 11 is 0. The quantitative estimate of drug-likeness (QED) is 0.812. The first kappa shape index (κ1) is 22.4. The number of aryl methyl sites for hydroxylation is 2. The maximum Gasteiger partial charge on any atom is 0.244 e. The van der Waals surface area contributed by atoms with Gasteiger partial charge in [0, 0.05) is 18.8 Å². The molecule has 0 radical (unpaired) electrons. The van der Waals surface area contributed by atoms with Gasteiger partial charge in [-0.05, 0) is 38.4 Å². The minimum absolute atomic E-state index is 0. The summed E-state index contributed by atoms with van der Waals surface area (Å²) in [6, 6.07) is 12.0. The van der Waals surface area contributed by atoms with Gasteiger partial charge in [-0.2, -0.15) is 5.10 Å².